The zero-order chi connectivity index (χ0) is 19.7. The van der Waals surface area contributed by atoms with E-state index in [-0.39, 0.29) is 5.56 Å². The molecule has 0 unspecified atom stereocenters. The Labute approximate surface area is 163 Å². The number of nitrogens with zero attached hydrogens (tertiary/aromatic N) is 5. The maximum Gasteiger partial charge on any atom is 0.258 e. The quantitative estimate of drug-likeness (QED) is 0.539. The van der Waals surface area contributed by atoms with Gasteiger partial charge >= 0.3 is 0 Å². The molecule has 28 heavy (non-hydrogen) atoms. The summed E-state index contributed by atoms with van der Waals surface area (Å²) in [6.45, 7) is 5.46. The number of aryl methyl sites for hydroxylation is 1. The molecule has 1 aromatic carbocycles. The van der Waals surface area contributed by atoms with Crippen LogP contribution in [-0.4, -0.2) is 31.1 Å². The third-order valence-corrected chi connectivity index (χ3v) is 4.93. The van der Waals surface area contributed by atoms with E-state index in [9.17, 15) is 4.79 Å². The summed E-state index contributed by atoms with van der Waals surface area (Å²) in [6, 6.07) is 17.3. The number of aromatic nitrogens is 4. The highest BCUT2D eigenvalue weighted by atomic mass is 16.1. The van der Waals surface area contributed by atoms with Crippen molar-refractivity contribution in [2.45, 2.75) is 26.9 Å². The van der Waals surface area contributed by atoms with Crippen molar-refractivity contribution in [1.29, 1.82) is 0 Å². The fourth-order valence-electron chi connectivity index (χ4n) is 3.51. The minimum atomic E-state index is -0.0572. The number of benzene rings is 1. The van der Waals surface area contributed by atoms with Crippen LogP contribution in [0, 0.1) is 13.8 Å². The van der Waals surface area contributed by atoms with Crippen LogP contribution in [0.2, 0.25) is 0 Å². The molecule has 0 fully saturated rings. The first-order chi connectivity index (χ1) is 13.5. The van der Waals surface area contributed by atoms with Crippen molar-refractivity contribution in [2.75, 3.05) is 7.05 Å². The zero-order valence-electron chi connectivity index (χ0n) is 16.3. The molecular formula is C22H23N5O. The molecule has 0 spiro atoms. The highest BCUT2D eigenvalue weighted by molar-refractivity contribution is 5.38. The van der Waals surface area contributed by atoms with E-state index in [2.05, 4.69) is 28.9 Å². The van der Waals surface area contributed by atoms with Crippen molar-refractivity contribution < 1.29 is 0 Å². The normalized spacial score (nSPS) is 11.4. The molecule has 6 heteroatoms. The van der Waals surface area contributed by atoms with Gasteiger partial charge in [-0.15, -0.1) is 0 Å². The summed E-state index contributed by atoms with van der Waals surface area (Å²) in [5.74, 6) is 0. The lowest BCUT2D eigenvalue weighted by atomic mass is 10.2. The SMILES string of the molecule is Cc1nn(-c2ccccc2)c(C)c1CN(C)Cc1cc(=O)n2ccccc2n1. The number of para-hydroxylation sites is 1. The van der Waals surface area contributed by atoms with Gasteiger partial charge in [-0.25, -0.2) is 9.67 Å². The smallest absolute Gasteiger partial charge is 0.258 e. The standard InChI is InChI=1S/C22H23N5O/c1-16-20(17(2)27(24-16)19-9-5-4-6-10-19)15-25(3)14-18-13-22(28)26-12-8-7-11-21(26)23-18/h4-13H,14-15H2,1-3H3. The molecule has 0 aliphatic carbocycles. The summed E-state index contributed by atoms with van der Waals surface area (Å²) in [5, 5.41) is 4.72. The van der Waals surface area contributed by atoms with Crippen LogP contribution in [0.4, 0.5) is 0 Å². The van der Waals surface area contributed by atoms with Crippen molar-refractivity contribution >= 4 is 5.65 Å². The summed E-state index contributed by atoms with van der Waals surface area (Å²) in [5.41, 5.74) is 5.78. The lowest BCUT2D eigenvalue weighted by molar-refractivity contribution is 0.313. The molecule has 4 rings (SSSR count). The molecule has 0 saturated heterocycles. The molecule has 0 radical (unpaired) electrons. The minimum Gasteiger partial charge on any atom is -0.296 e. The fourth-order valence-corrected chi connectivity index (χ4v) is 3.51. The van der Waals surface area contributed by atoms with Gasteiger partial charge in [0.25, 0.3) is 5.56 Å². The largest absolute Gasteiger partial charge is 0.296 e. The summed E-state index contributed by atoms with van der Waals surface area (Å²) >= 11 is 0. The maximum atomic E-state index is 12.3. The van der Waals surface area contributed by atoms with Gasteiger partial charge in [-0.3, -0.25) is 14.1 Å². The number of fused-ring (bicyclic) bond motifs is 1. The van der Waals surface area contributed by atoms with E-state index >= 15 is 0 Å². The Kier molecular flexibility index (Phi) is 4.79. The van der Waals surface area contributed by atoms with Gasteiger partial charge in [-0.1, -0.05) is 24.3 Å². The lowest BCUT2D eigenvalue weighted by Crippen LogP contribution is -2.22. The molecule has 0 amide bonds. The molecule has 6 nitrogen and oxygen atoms in total. The molecule has 3 aromatic heterocycles. The van der Waals surface area contributed by atoms with Crippen molar-refractivity contribution in [3.8, 4) is 5.69 Å². The molecule has 3 heterocycles. The van der Waals surface area contributed by atoms with E-state index in [0.29, 0.717) is 12.2 Å². The Balaban J connectivity index is 1.57. The Morgan fingerprint density at radius 1 is 1.00 bits per heavy atom. The number of pyridine rings is 1. The first-order valence-corrected chi connectivity index (χ1v) is 9.29. The number of hydrogen-bond donors (Lipinski definition) is 0. The van der Waals surface area contributed by atoms with Gasteiger partial charge in [0.1, 0.15) is 5.65 Å². The van der Waals surface area contributed by atoms with E-state index < -0.39 is 0 Å². The molecule has 0 aliphatic rings. The molecule has 0 bridgehead atoms. The Hall–Kier alpha value is -3.25. The molecular weight excluding hydrogens is 350 g/mol. The van der Waals surface area contributed by atoms with E-state index in [1.54, 1.807) is 16.7 Å². The van der Waals surface area contributed by atoms with Crippen LogP contribution in [0.3, 0.4) is 0 Å². The molecule has 0 aliphatic heterocycles. The van der Waals surface area contributed by atoms with E-state index in [0.717, 1.165) is 29.3 Å². The first-order valence-electron chi connectivity index (χ1n) is 9.29. The van der Waals surface area contributed by atoms with Crippen LogP contribution in [0.5, 0.6) is 0 Å². The van der Waals surface area contributed by atoms with Crippen LogP contribution in [-0.2, 0) is 13.1 Å². The van der Waals surface area contributed by atoms with Crippen molar-refractivity contribution in [1.82, 2.24) is 24.1 Å². The van der Waals surface area contributed by atoms with Crippen LogP contribution >= 0.6 is 0 Å². The van der Waals surface area contributed by atoms with E-state index in [1.807, 2.05) is 55.1 Å². The fraction of sp³-hybridized carbons (Fsp3) is 0.227. The lowest BCUT2D eigenvalue weighted by Gasteiger charge is -2.17. The van der Waals surface area contributed by atoms with Gasteiger partial charge < -0.3 is 0 Å². The van der Waals surface area contributed by atoms with Crippen molar-refractivity contribution in [3.63, 3.8) is 0 Å². The molecule has 0 atom stereocenters. The van der Waals surface area contributed by atoms with Crippen LogP contribution < -0.4 is 5.56 Å². The predicted molar refractivity (Wildman–Crippen MR) is 110 cm³/mol. The molecule has 142 valence electrons. The Morgan fingerprint density at radius 3 is 2.54 bits per heavy atom. The highest BCUT2D eigenvalue weighted by Crippen LogP contribution is 2.19. The summed E-state index contributed by atoms with van der Waals surface area (Å²) in [6.07, 6.45) is 1.74. The second kappa shape index (κ2) is 7.40. The van der Waals surface area contributed by atoms with Gasteiger partial charge in [0.2, 0.25) is 0 Å². The van der Waals surface area contributed by atoms with Gasteiger partial charge in [0, 0.05) is 36.6 Å². The zero-order valence-corrected chi connectivity index (χ0v) is 16.3. The van der Waals surface area contributed by atoms with Gasteiger partial charge in [0.15, 0.2) is 0 Å². The first kappa shape index (κ1) is 18.1. The highest BCUT2D eigenvalue weighted by Gasteiger charge is 2.15. The summed E-state index contributed by atoms with van der Waals surface area (Å²) < 4.78 is 3.54. The van der Waals surface area contributed by atoms with Gasteiger partial charge in [-0.2, -0.15) is 5.10 Å². The monoisotopic (exact) mass is 373 g/mol. The van der Waals surface area contributed by atoms with Crippen LogP contribution in [0.25, 0.3) is 11.3 Å². The number of hydrogen-bond acceptors (Lipinski definition) is 4. The van der Waals surface area contributed by atoms with E-state index in [4.69, 9.17) is 5.10 Å². The second-order valence-corrected chi connectivity index (χ2v) is 7.08. The third-order valence-electron chi connectivity index (χ3n) is 4.93. The second-order valence-electron chi connectivity index (χ2n) is 7.08. The van der Waals surface area contributed by atoms with Crippen LogP contribution in [0.15, 0.2) is 65.6 Å². The predicted octanol–water partition coefficient (Wildman–Crippen LogP) is 3.13. The molecule has 0 N–H and O–H groups in total. The minimum absolute atomic E-state index is 0.0572. The Bertz CT molecular complexity index is 1180. The molecule has 0 saturated carbocycles. The average Bonchev–Trinajstić information content (AvgIpc) is 2.97. The van der Waals surface area contributed by atoms with Gasteiger partial charge in [-0.05, 0) is 45.2 Å². The molecule has 4 aromatic rings. The van der Waals surface area contributed by atoms with Gasteiger partial charge in [0.05, 0.1) is 17.1 Å². The maximum absolute atomic E-state index is 12.3. The Morgan fingerprint density at radius 2 is 1.75 bits per heavy atom. The van der Waals surface area contributed by atoms with Crippen molar-refractivity contribution in [3.05, 3.63) is 93.8 Å². The summed E-state index contributed by atoms with van der Waals surface area (Å²) in [4.78, 5) is 19.1. The average molecular weight is 373 g/mol. The van der Waals surface area contributed by atoms with E-state index in [1.165, 1.54) is 5.56 Å². The number of rotatable bonds is 5. The third kappa shape index (κ3) is 3.46. The van der Waals surface area contributed by atoms with Crippen LogP contribution in [0.1, 0.15) is 22.6 Å². The van der Waals surface area contributed by atoms with Crippen molar-refractivity contribution in [2.24, 2.45) is 0 Å². The topological polar surface area (TPSA) is 55.4 Å². The summed E-state index contributed by atoms with van der Waals surface area (Å²) in [7, 11) is 2.03.